The van der Waals surface area contributed by atoms with Gasteiger partial charge >= 0.3 is 6.03 Å². The van der Waals surface area contributed by atoms with Crippen molar-refractivity contribution in [1.82, 2.24) is 10.2 Å². The van der Waals surface area contributed by atoms with Gasteiger partial charge in [0, 0.05) is 9.26 Å². The van der Waals surface area contributed by atoms with E-state index in [0.29, 0.717) is 5.69 Å². The minimum absolute atomic E-state index is 0.00906. The lowest BCUT2D eigenvalue weighted by molar-refractivity contribution is -0.131. The maximum absolute atomic E-state index is 12.1. The molecule has 1 aromatic carbocycles. The molecule has 112 valence electrons. The highest BCUT2D eigenvalue weighted by molar-refractivity contribution is 14.1. The Morgan fingerprint density at radius 2 is 2.14 bits per heavy atom. The van der Waals surface area contributed by atoms with E-state index >= 15 is 0 Å². The van der Waals surface area contributed by atoms with Crippen LogP contribution >= 0.6 is 22.6 Å². The van der Waals surface area contributed by atoms with Crippen LogP contribution in [0.4, 0.5) is 10.5 Å². The highest BCUT2D eigenvalue weighted by atomic mass is 127. The zero-order chi connectivity index (χ0) is 15.6. The van der Waals surface area contributed by atoms with Crippen LogP contribution in [0.2, 0.25) is 0 Å². The third kappa shape index (κ3) is 3.72. The van der Waals surface area contributed by atoms with Gasteiger partial charge in [-0.05, 0) is 46.7 Å². The second-order valence-corrected chi connectivity index (χ2v) is 6.40. The Morgan fingerprint density at radius 1 is 1.43 bits per heavy atom. The summed E-state index contributed by atoms with van der Waals surface area (Å²) >= 11 is 2.14. The summed E-state index contributed by atoms with van der Waals surface area (Å²) in [4.78, 5) is 36.7. The number of anilines is 1. The summed E-state index contributed by atoms with van der Waals surface area (Å²) < 4.78 is 0.986. The first kappa shape index (κ1) is 15.7. The van der Waals surface area contributed by atoms with Gasteiger partial charge in [0.15, 0.2) is 0 Å². The van der Waals surface area contributed by atoms with E-state index in [1.165, 1.54) is 0 Å². The average molecular weight is 401 g/mol. The van der Waals surface area contributed by atoms with Crippen molar-refractivity contribution in [3.05, 3.63) is 27.8 Å². The molecule has 1 saturated heterocycles. The predicted octanol–water partition coefficient (Wildman–Crippen LogP) is 1.81. The Kier molecular flexibility index (Phi) is 4.81. The minimum Gasteiger partial charge on any atom is -0.326 e. The number of carbonyl (C=O) groups excluding carboxylic acids is 3. The Labute approximate surface area is 136 Å². The number of hydrogen-bond donors (Lipinski definition) is 2. The summed E-state index contributed by atoms with van der Waals surface area (Å²) in [5.41, 5.74) is 0.638. The molecular formula is C14H16IN3O3. The van der Waals surface area contributed by atoms with Crippen molar-refractivity contribution >= 4 is 46.1 Å². The van der Waals surface area contributed by atoms with E-state index in [9.17, 15) is 14.4 Å². The van der Waals surface area contributed by atoms with E-state index in [4.69, 9.17) is 0 Å². The smallest absolute Gasteiger partial charge is 0.325 e. The van der Waals surface area contributed by atoms with Gasteiger partial charge in [-0.3, -0.25) is 14.5 Å². The Morgan fingerprint density at radius 3 is 2.71 bits per heavy atom. The first-order valence-electron chi connectivity index (χ1n) is 6.56. The van der Waals surface area contributed by atoms with E-state index in [0.717, 1.165) is 8.47 Å². The molecular weight excluding hydrogens is 385 g/mol. The van der Waals surface area contributed by atoms with Gasteiger partial charge in [0.05, 0.1) is 0 Å². The largest absolute Gasteiger partial charge is 0.326 e. The van der Waals surface area contributed by atoms with Gasteiger partial charge in [-0.2, -0.15) is 0 Å². The molecule has 2 rings (SSSR count). The number of nitrogens with zero attached hydrogens (tertiary/aromatic N) is 1. The predicted molar refractivity (Wildman–Crippen MR) is 86.7 cm³/mol. The van der Waals surface area contributed by atoms with Crippen LogP contribution in [-0.2, 0) is 9.59 Å². The number of amides is 4. The van der Waals surface area contributed by atoms with Crippen molar-refractivity contribution in [3.8, 4) is 0 Å². The van der Waals surface area contributed by atoms with E-state index < -0.39 is 18.0 Å². The Hall–Kier alpha value is -1.64. The van der Waals surface area contributed by atoms with Crippen molar-refractivity contribution < 1.29 is 14.4 Å². The normalized spacial score (nSPS) is 18.1. The first-order chi connectivity index (χ1) is 9.88. The number of benzene rings is 1. The molecule has 21 heavy (non-hydrogen) atoms. The van der Waals surface area contributed by atoms with Crippen molar-refractivity contribution in [1.29, 1.82) is 0 Å². The SMILES string of the molecule is CC(C)C1NC(=O)N(CC(=O)Nc2cccc(I)c2)C1=O. The average Bonchev–Trinajstić information content (AvgIpc) is 2.67. The molecule has 1 heterocycles. The quantitative estimate of drug-likeness (QED) is 0.597. The van der Waals surface area contributed by atoms with E-state index in [1.807, 2.05) is 26.0 Å². The molecule has 0 aromatic heterocycles. The lowest BCUT2D eigenvalue weighted by atomic mass is 10.1. The lowest BCUT2D eigenvalue weighted by Gasteiger charge is -2.14. The second kappa shape index (κ2) is 6.42. The molecule has 1 fully saturated rings. The topological polar surface area (TPSA) is 78.5 Å². The standard InChI is InChI=1S/C14H16IN3O3/c1-8(2)12-13(20)18(14(21)17-12)7-11(19)16-10-5-3-4-9(15)6-10/h3-6,8,12H,7H2,1-2H3,(H,16,19)(H,17,21). The zero-order valence-electron chi connectivity index (χ0n) is 11.7. The summed E-state index contributed by atoms with van der Waals surface area (Å²) in [6, 6.07) is 6.21. The maximum atomic E-state index is 12.1. The zero-order valence-corrected chi connectivity index (χ0v) is 13.9. The van der Waals surface area contributed by atoms with Gasteiger partial charge in [0.2, 0.25) is 5.91 Å². The van der Waals surface area contributed by atoms with Crippen LogP contribution in [0.15, 0.2) is 24.3 Å². The third-order valence-corrected chi connectivity index (χ3v) is 3.80. The summed E-state index contributed by atoms with van der Waals surface area (Å²) in [5, 5.41) is 5.26. The number of imide groups is 1. The van der Waals surface area contributed by atoms with Crippen molar-refractivity contribution in [2.24, 2.45) is 5.92 Å². The number of nitrogens with one attached hydrogen (secondary N) is 2. The Balaban J connectivity index is 2.00. The van der Waals surface area contributed by atoms with Crippen molar-refractivity contribution in [3.63, 3.8) is 0 Å². The molecule has 1 aromatic rings. The van der Waals surface area contributed by atoms with Crippen molar-refractivity contribution in [2.75, 3.05) is 11.9 Å². The molecule has 1 aliphatic rings. The fourth-order valence-electron chi connectivity index (χ4n) is 2.05. The lowest BCUT2D eigenvalue weighted by Crippen LogP contribution is -2.39. The van der Waals surface area contributed by atoms with Gasteiger partial charge in [0.25, 0.3) is 5.91 Å². The van der Waals surface area contributed by atoms with Gasteiger partial charge in [-0.25, -0.2) is 4.79 Å². The number of halogens is 1. The summed E-state index contributed by atoms with van der Waals surface area (Å²) in [7, 11) is 0. The van der Waals surface area contributed by atoms with Gasteiger partial charge in [-0.1, -0.05) is 19.9 Å². The number of carbonyl (C=O) groups is 3. The molecule has 0 spiro atoms. The van der Waals surface area contributed by atoms with Crippen LogP contribution in [0.25, 0.3) is 0 Å². The molecule has 0 radical (unpaired) electrons. The highest BCUT2D eigenvalue weighted by Gasteiger charge is 2.40. The minimum atomic E-state index is -0.553. The van der Waals surface area contributed by atoms with Crippen LogP contribution in [0, 0.1) is 9.49 Å². The third-order valence-electron chi connectivity index (χ3n) is 3.13. The van der Waals surface area contributed by atoms with Crippen LogP contribution < -0.4 is 10.6 Å². The van der Waals surface area contributed by atoms with Crippen molar-refractivity contribution in [2.45, 2.75) is 19.9 Å². The second-order valence-electron chi connectivity index (χ2n) is 5.15. The molecule has 0 aliphatic carbocycles. The first-order valence-corrected chi connectivity index (χ1v) is 7.63. The molecule has 1 aliphatic heterocycles. The fraction of sp³-hybridized carbons (Fsp3) is 0.357. The molecule has 2 N–H and O–H groups in total. The molecule has 0 bridgehead atoms. The Bertz CT molecular complexity index is 589. The van der Waals surface area contributed by atoms with E-state index in [-0.39, 0.29) is 18.4 Å². The monoisotopic (exact) mass is 401 g/mol. The van der Waals surface area contributed by atoms with Crippen LogP contribution in [0.5, 0.6) is 0 Å². The summed E-state index contributed by atoms with van der Waals surface area (Å²) in [6.07, 6.45) is 0. The fourth-order valence-corrected chi connectivity index (χ4v) is 2.60. The van der Waals surface area contributed by atoms with Gasteiger partial charge < -0.3 is 10.6 Å². The van der Waals surface area contributed by atoms with Gasteiger partial charge in [-0.15, -0.1) is 0 Å². The molecule has 1 atom stereocenters. The molecule has 0 saturated carbocycles. The van der Waals surface area contributed by atoms with Crippen LogP contribution in [-0.4, -0.2) is 35.3 Å². The molecule has 4 amide bonds. The summed E-state index contributed by atoms with van der Waals surface area (Å²) in [6.45, 7) is 3.41. The number of urea groups is 1. The molecule has 7 heteroatoms. The van der Waals surface area contributed by atoms with Gasteiger partial charge in [0.1, 0.15) is 12.6 Å². The van der Waals surface area contributed by atoms with Crippen LogP contribution in [0.3, 0.4) is 0 Å². The summed E-state index contributed by atoms with van der Waals surface area (Å²) in [5.74, 6) is -0.761. The maximum Gasteiger partial charge on any atom is 0.325 e. The highest BCUT2D eigenvalue weighted by Crippen LogP contribution is 2.15. The molecule has 6 nitrogen and oxygen atoms in total. The number of rotatable bonds is 4. The van der Waals surface area contributed by atoms with E-state index in [2.05, 4.69) is 33.2 Å². The number of hydrogen-bond acceptors (Lipinski definition) is 3. The molecule has 1 unspecified atom stereocenters. The van der Waals surface area contributed by atoms with E-state index in [1.54, 1.807) is 12.1 Å². The van der Waals surface area contributed by atoms with Crippen LogP contribution in [0.1, 0.15) is 13.8 Å².